The standard InChI is InChI=1S/C36H21N5O/c1-2-9-22(10-3-1)40-30-19-23(16-17-26(30)35-36(40)38-34-15-8-18-37-41(34)35)39-29-13-6-4-11-24(29)27-21-33-28(20-31(27)39)25-12-5-7-14-32(25)42-33/h1-21H. The zero-order valence-corrected chi connectivity index (χ0v) is 22.3. The number of nitrogens with zero attached hydrogens (tertiary/aromatic N) is 5. The van der Waals surface area contributed by atoms with Crippen LogP contribution in [0, 0.1) is 0 Å². The van der Waals surface area contributed by atoms with Gasteiger partial charge in [-0.25, -0.2) is 9.50 Å². The van der Waals surface area contributed by atoms with Crippen molar-refractivity contribution >= 4 is 71.5 Å². The molecule has 0 amide bonds. The predicted molar refractivity (Wildman–Crippen MR) is 169 cm³/mol. The molecule has 0 aliphatic rings. The van der Waals surface area contributed by atoms with Crippen molar-refractivity contribution in [3.05, 3.63) is 128 Å². The third-order valence-corrected chi connectivity index (χ3v) is 8.51. The summed E-state index contributed by atoms with van der Waals surface area (Å²) in [5.74, 6) is 0. The molecule has 0 spiro atoms. The summed E-state index contributed by atoms with van der Waals surface area (Å²) in [7, 11) is 0. The number of furan rings is 1. The SMILES string of the molecule is c1ccc(-n2c3cc(-n4c5ccccc5c5cc6oc7ccccc7c6cc54)ccc3c3c2nc2cccnn23)cc1. The third-order valence-electron chi connectivity index (χ3n) is 8.51. The lowest BCUT2D eigenvalue weighted by atomic mass is 10.1. The minimum absolute atomic E-state index is 0.830. The number of hydrogen-bond acceptors (Lipinski definition) is 3. The fourth-order valence-corrected chi connectivity index (χ4v) is 6.73. The zero-order chi connectivity index (χ0) is 27.4. The van der Waals surface area contributed by atoms with E-state index < -0.39 is 0 Å². The maximum absolute atomic E-state index is 6.28. The Kier molecular flexibility index (Phi) is 4.10. The first-order chi connectivity index (χ1) is 20.8. The highest BCUT2D eigenvalue weighted by Gasteiger charge is 2.21. The van der Waals surface area contributed by atoms with Gasteiger partial charge in [0.05, 0.1) is 16.6 Å². The van der Waals surface area contributed by atoms with Gasteiger partial charge in [-0.15, -0.1) is 0 Å². The highest BCUT2D eigenvalue weighted by atomic mass is 16.3. The number of para-hydroxylation sites is 3. The molecule has 0 atom stereocenters. The lowest BCUT2D eigenvalue weighted by Gasteiger charge is -2.11. The highest BCUT2D eigenvalue weighted by Crippen LogP contribution is 2.40. The average Bonchev–Trinajstić information content (AvgIpc) is 3.77. The van der Waals surface area contributed by atoms with Crippen LogP contribution in [-0.4, -0.2) is 23.7 Å². The summed E-state index contributed by atoms with van der Waals surface area (Å²) in [5, 5.41) is 10.4. The van der Waals surface area contributed by atoms with E-state index >= 15 is 0 Å². The van der Waals surface area contributed by atoms with E-state index in [0.717, 1.165) is 72.1 Å². The Morgan fingerprint density at radius 3 is 2.24 bits per heavy atom. The number of aromatic nitrogens is 5. The van der Waals surface area contributed by atoms with Gasteiger partial charge in [0.1, 0.15) is 16.7 Å². The van der Waals surface area contributed by atoms with Crippen molar-refractivity contribution < 1.29 is 4.42 Å². The van der Waals surface area contributed by atoms with Gasteiger partial charge in [-0.3, -0.25) is 4.57 Å². The van der Waals surface area contributed by atoms with Gasteiger partial charge in [-0.2, -0.15) is 5.10 Å². The molecule has 6 heteroatoms. The van der Waals surface area contributed by atoms with E-state index in [1.54, 1.807) is 0 Å². The fraction of sp³-hybridized carbons (Fsp3) is 0. The predicted octanol–water partition coefficient (Wildman–Crippen LogP) is 8.82. The summed E-state index contributed by atoms with van der Waals surface area (Å²) in [6.45, 7) is 0. The molecule has 196 valence electrons. The quantitative estimate of drug-likeness (QED) is 0.221. The molecular weight excluding hydrogens is 518 g/mol. The van der Waals surface area contributed by atoms with Crippen LogP contribution < -0.4 is 0 Å². The minimum atomic E-state index is 0.830. The number of fused-ring (bicyclic) bond motifs is 11. The molecular formula is C36H21N5O. The van der Waals surface area contributed by atoms with Crippen LogP contribution in [0.25, 0.3) is 82.8 Å². The van der Waals surface area contributed by atoms with E-state index in [9.17, 15) is 0 Å². The first-order valence-electron chi connectivity index (χ1n) is 14.0. The van der Waals surface area contributed by atoms with Crippen molar-refractivity contribution in [2.75, 3.05) is 0 Å². The molecule has 0 aliphatic heterocycles. The maximum atomic E-state index is 6.28. The van der Waals surface area contributed by atoms with Gasteiger partial charge in [-0.05, 0) is 66.7 Å². The molecule has 0 N–H and O–H groups in total. The van der Waals surface area contributed by atoms with Crippen molar-refractivity contribution in [3.8, 4) is 11.4 Å². The largest absolute Gasteiger partial charge is 0.456 e. The lowest BCUT2D eigenvalue weighted by Crippen LogP contribution is -1.97. The third kappa shape index (κ3) is 2.78. The summed E-state index contributed by atoms with van der Waals surface area (Å²) >= 11 is 0. The smallest absolute Gasteiger partial charge is 0.166 e. The summed E-state index contributed by atoms with van der Waals surface area (Å²) in [4.78, 5) is 5.02. The molecule has 5 heterocycles. The molecule has 0 unspecified atom stereocenters. The van der Waals surface area contributed by atoms with Gasteiger partial charge in [-0.1, -0.05) is 54.6 Å². The van der Waals surface area contributed by atoms with E-state index in [-0.39, 0.29) is 0 Å². The van der Waals surface area contributed by atoms with Gasteiger partial charge < -0.3 is 8.98 Å². The first kappa shape index (κ1) is 21.9. The molecule has 42 heavy (non-hydrogen) atoms. The van der Waals surface area contributed by atoms with Crippen LogP contribution in [0.15, 0.2) is 132 Å². The molecule has 5 aromatic carbocycles. The van der Waals surface area contributed by atoms with Crippen LogP contribution in [0.2, 0.25) is 0 Å². The molecule has 0 fully saturated rings. The van der Waals surface area contributed by atoms with Gasteiger partial charge >= 0.3 is 0 Å². The number of imidazole rings is 1. The van der Waals surface area contributed by atoms with Gasteiger partial charge in [0.15, 0.2) is 11.3 Å². The second-order valence-electron chi connectivity index (χ2n) is 10.8. The Balaban J connectivity index is 1.34. The second kappa shape index (κ2) is 7.86. The van der Waals surface area contributed by atoms with Gasteiger partial charge in [0.2, 0.25) is 0 Å². The Bertz CT molecular complexity index is 2690. The van der Waals surface area contributed by atoms with Crippen LogP contribution in [0.5, 0.6) is 0 Å². The molecule has 0 saturated carbocycles. The van der Waals surface area contributed by atoms with Crippen molar-refractivity contribution in [1.82, 2.24) is 23.7 Å². The normalized spacial score (nSPS) is 12.3. The van der Waals surface area contributed by atoms with E-state index in [1.807, 2.05) is 41.0 Å². The molecule has 0 radical (unpaired) electrons. The molecule has 10 aromatic rings. The monoisotopic (exact) mass is 539 g/mol. The van der Waals surface area contributed by atoms with E-state index in [1.165, 1.54) is 10.8 Å². The topological polar surface area (TPSA) is 53.2 Å². The maximum Gasteiger partial charge on any atom is 0.166 e. The van der Waals surface area contributed by atoms with Crippen LogP contribution >= 0.6 is 0 Å². The Labute approximate surface area is 238 Å². The highest BCUT2D eigenvalue weighted by molar-refractivity contribution is 6.17. The van der Waals surface area contributed by atoms with Crippen LogP contribution in [-0.2, 0) is 0 Å². The van der Waals surface area contributed by atoms with Crippen molar-refractivity contribution in [1.29, 1.82) is 0 Å². The average molecular weight is 540 g/mol. The number of rotatable bonds is 2. The Morgan fingerprint density at radius 2 is 1.31 bits per heavy atom. The summed E-state index contributed by atoms with van der Waals surface area (Å²) in [6, 6.07) is 42.4. The second-order valence-corrected chi connectivity index (χ2v) is 10.8. The van der Waals surface area contributed by atoms with Crippen molar-refractivity contribution in [2.45, 2.75) is 0 Å². The van der Waals surface area contributed by atoms with E-state index in [0.29, 0.717) is 0 Å². The Hall–Kier alpha value is -5.88. The molecule has 0 saturated heterocycles. The van der Waals surface area contributed by atoms with Crippen molar-refractivity contribution in [3.63, 3.8) is 0 Å². The molecule has 0 bridgehead atoms. The zero-order valence-electron chi connectivity index (χ0n) is 22.3. The molecule has 10 rings (SSSR count). The van der Waals surface area contributed by atoms with Crippen LogP contribution in [0.3, 0.4) is 0 Å². The minimum Gasteiger partial charge on any atom is -0.456 e. The summed E-state index contributed by atoms with van der Waals surface area (Å²) in [6.07, 6.45) is 1.81. The van der Waals surface area contributed by atoms with E-state index in [2.05, 4.69) is 105 Å². The van der Waals surface area contributed by atoms with Crippen molar-refractivity contribution in [2.24, 2.45) is 0 Å². The number of benzene rings is 5. The van der Waals surface area contributed by atoms with Gasteiger partial charge in [0.25, 0.3) is 0 Å². The molecule has 5 aromatic heterocycles. The summed E-state index contributed by atoms with van der Waals surface area (Å²) in [5.41, 5.74) is 10.1. The molecule has 0 aliphatic carbocycles. The lowest BCUT2D eigenvalue weighted by molar-refractivity contribution is 0.669. The van der Waals surface area contributed by atoms with Gasteiger partial charge in [0, 0.05) is 44.5 Å². The fourth-order valence-electron chi connectivity index (χ4n) is 6.73. The first-order valence-corrected chi connectivity index (χ1v) is 14.0. The number of hydrogen-bond donors (Lipinski definition) is 0. The Morgan fingerprint density at radius 1 is 0.500 bits per heavy atom. The van der Waals surface area contributed by atoms with Crippen LogP contribution in [0.1, 0.15) is 0 Å². The van der Waals surface area contributed by atoms with Crippen LogP contribution in [0.4, 0.5) is 0 Å². The molecule has 6 nitrogen and oxygen atoms in total. The summed E-state index contributed by atoms with van der Waals surface area (Å²) < 4.78 is 12.8. The van der Waals surface area contributed by atoms with E-state index in [4.69, 9.17) is 9.40 Å².